The summed E-state index contributed by atoms with van der Waals surface area (Å²) in [4.78, 5) is 16.9. The van der Waals surface area contributed by atoms with Crippen LogP contribution < -0.4 is 9.47 Å². The molecule has 0 unspecified atom stereocenters. The van der Waals surface area contributed by atoms with E-state index in [1.807, 2.05) is 42.5 Å². The Hall–Kier alpha value is -3.22. The fourth-order valence-corrected chi connectivity index (χ4v) is 5.56. The van der Waals surface area contributed by atoms with E-state index in [0.29, 0.717) is 23.5 Å². The molecule has 6 heteroatoms. The average Bonchev–Trinajstić information content (AvgIpc) is 3.52. The number of benzene rings is 3. The number of rotatable bonds is 8. The molecule has 0 amide bonds. The van der Waals surface area contributed by atoms with Crippen LogP contribution in [0.25, 0.3) is 20.5 Å². The number of halogens is 1. The number of carbonyl (C=O) groups is 1. The maximum atomic E-state index is 13.6. The van der Waals surface area contributed by atoms with Crippen molar-refractivity contribution in [1.29, 1.82) is 0 Å². The summed E-state index contributed by atoms with van der Waals surface area (Å²) in [6, 6.07) is 19.3. The molecule has 1 aromatic heterocycles. The van der Waals surface area contributed by atoms with E-state index < -0.39 is 0 Å². The molecule has 3 aromatic carbocycles. The maximum Gasteiger partial charge on any atom is 0.195 e. The van der Waals surface area contributed by atoms with Crippen LogP contribution in [0.15, 0.2) is 66.7 Å². The number of ether oxygens (including phenoxy) is 2. The van der Waals surface area contributed by atoms with Crippen LogP contribution in [0, 0.1) is 5.82 Å². The Balaban J connectivity index is 1.46. The van der Waals surface area contributed by atoms with Crippen LogP contribution in [0.4, 0.5) is 4.39 Å². The predicted molar refractivity (Wildman–Crippen MR) is 135 cm³/mol. The molecule has 4 aromatic rings. The van der Waals surface area contributed by atoms with Crippen molar-refractivity contribution in [2.75, 3.05) is 33.4 Å². The monoisotopic (exact) mass is 475 g/mol. The smallest absolute Gasteiger partial charge is 0.195 e. The van der Waals surface area contributed by atoms with E-state index in [9.17, 15) is 9.18 Å². The van der Waals surface area contributed by atoms with Gasteiger partial charge in [-0.05, 0) is 98.2 Å². The SMILES string of the molecule is COc1ccc2sc(-c3ccc(OCCN4CCCC4)cc3)c(C(=O)c3ccc(F)cc3)c2c1. The van der Waals surface area contributed by atoms with Crippen molar-refractivity contribution >= 4 is 27.2 Å². The van der Waals surface area contributed by atoms with Gasteiger partial charge in [-0.1, -0.05) is 0 Å². The fraction of sp³-hybridized carbons (Fsp3) is 0.250. The number of nitrogens with zero attached hydrogens (tertiary/aromatic N) is 1. The maximum absolute atomic E-state index is 13.6. The third kappa shape index (κ3) is 4.69. The molecule has 1 saturated heterocycles. The second kappa shape index (κ2) is 9.95. The lowest BCUT2D eigenvalue weighted by Gasteiger charge is -2.15. The Morgan fingerprint density at radius 1 is 0.971 bits per heavy atom. The molecule has 0 atom stereocenters. The standard InChI is InChI=1S/C28H26FNO3S/c1-32-23-12-13-25-24(18-23)26(27(31)19-4-8-21(29)9-5-19)28(34-25)20-6-10-22(11-7-20)33-17-16-30-14-2-3-15-30/h4-13,18H,2-3,14-17H2,1H3. The van der Waals surface area contributed by atoms with Gasteiger partial charge in [-0.3, -0.25) is 9.69 Å². The molecular weight excluding hydrogens is 449 g/mol. The van der Waals surface area contributed by atoms with Gasteiger partial charge in [0.15, 0.2) is 5.78 Å². The summed E-state index contributed by atoms with van der Waals surface area (Å²) in [5, 5.41) is 0.833. The predicted octanol–water partition coefficient (Wildman–Crippen LogP) is 6.42. The first-order valence-corrected chi connectivity index (χ1v) is 12.3. The van der Waals surface area contributed by atoms with Gasteiger partial charge in [-0.15, -0.1) is 11.3 Å². The minimum absolute atomic E-state index is 0.138. The number of likely N-dealkylation sites (tertiary alicyclic amines) is 1. The summed E-state index contributed by atoms with van der Waals surface area (Å²) in [5.41, 5.74) is 2.00. The molecule has 0 saturated carbocycles. The lowest BCUT2D eigenvalue weighted by molar-refractivity contribution is 0.104. The van der Waals surface area contributed by atoms with Crippen LogP contribution in [0.1, 0.15) is 28.8 Å². The molecule has 1 aliphatic rings. The highest BCUT2D eigenvalue weighted by molar-refractivity contribution is 7.22. The molecule has 1 fully saturated rings. The zero-order valence-electron chi connectivity index (χ0n) is 19.1. The number of ketones is 1. The topological polar surface area (TPSA) is 38.8 Å². The van der Waals surface area contributed by atoms with E-state index in [1.54, 1.807) is 18.4 Å². The molecule has 0 spiro atoms. The summed E-state index contributed by atoms with van der Waals surface area (Å²) in [7, 11) is 1.61. The molecule has 1 aliphatic heterocycles. The van der Waals surface area contributed by atoms with E-state index in [-0.39, 0.29) is 11.6 Å². The van der Waals surface area contributed by atoms with E-state index in [1.165, 1.54) is 37.1 Å². The third-order valence-electron chi connectivity index (χ3n) is 6.22. The molecule has 0 radical (unpaired) electrons. The lowest BCUT2D eigenvalue weighted by Crippen LogP contribution is -2.25. The number of fused-ring (bicyclic) bond motifs is 1. The third-order valence-corrected chi connectivity index (χ3v) is 7.44. The fourth-order valence-electron chi connectivity index (χ4n) is 4.38. The van der Waals surface area contributed by atoms with Gasteiger partial charge < -0.3 is 9.47 Å². The first kappa shape index (κ1) is 22.6. The lowest BCUT2D eigenvalue weighted by atomic mass is 9.97. The Labute approximate surface area is 202 Å². The first-order valence-electron chi connectivity index (χ1n) is 11.5. The number of methoxy groups -OCH3 is 1. The number of thiophene rings is 1. The molecular formula is C28H26FNO3S. The zero-order chi connectivity index (χ0) is 23.5. The van der Waals surface area contributed by atoms with Crippen LogP contribution in [-0.2, 0) is 0 Å². The molecule has 0 aliphatic carbocycles. The van der Waals surface area contributed by atoms with Crippen LogP contribution >= 0.6 is 11.3 Å². The number of hydrogen-bond acceptors (Lipinski definition) is 5. The number of carbonyl (C=O) groups excluding carboxylic acids is 1. The average molecular weight is 476 g/mol. The van der Waals surface area contributed by atoms with E-state index in [2.05, 4.69) is 4.90 Å². The highest BCUT2D eigenvalue weighted by atomic mass is 32.1. The highest BCUT2D eigenvalue weighted by Gasteiger charge is 2.22. The Morgan fingerprint density at radius 2 is 1.68 bits per heavy atom. The molecule has 5 rings (SSSR count). The summed E-state index contributed by atoms with van der Waals surface area (Å²) in [5.74, 6) is 0.998. The van der Waals surface area contributed by atoms with Crippen LogP contribution in [0.2, 0.25) is 0 Å². The van der Waals surface area contributed by atoms with Crippen molar-refractivity contribution in [3.8, 4) is 21.9 Å². The first-order chi connectivity index (χ1) is 16.6. The molecule has 0 N–H and O–H groups in total. The van der Waals surface area contributed by atoms with Crippen molar-refractivity contribution in [1.82, 2.24) is 4.90 Å². The second-order valence-corrected chi connectivity index (χ2v) is 9.48. The van der Waals surface area contributed by atoms with Crippen molar-refractivity contribution < 1.29 is 18.7 Å². The van der Waals surface area contributed by atoms with Crippen LogP contribution in [-0.4, -0.2) is 44.0 Å². The Bertz CT molecular complexity index is 1290. The molecule has 2 heterocycles. The van der Waals surface area contributed by atoms with E-state index in [0.717, 1.165) is 45.9 Å². The summed E-state index contributed by atoms with van der Waals surface area (Å²) in [6.45, 7) is 3.92. The minimum Gasteiger partial charge on any atom is -0.497 e. The molecule has 4 nitrogen and oxygen atoms in total. The van der Waals surface area contributed by atoms with E-state index >= 15 is 0 Å². The summed E-state index contributed by atoms with van der Waals surface area (Å²) in [6.07, 6.45) is 2.55. The minimum atomic E-state index is -0.367. The zero-order valence-corrected chi connectivity index (χ0v) is 19.9. The summed E-state index contributed by atoms with van der Waals surface area (Å²) >= 11 is 1.56. The molecule has 34 heavy (non-hydrogen) atoms. The van der Waals surface area contributed by atoms with Crippen molar-refractivity contribution in [3.05, 3.63) is 83.7 Å². The van der Waals surface area contributed by atoms with Gasteiger partial charge in [0.05, 0.1) is 7.11 Å². The van der Waals surface area contributed by atoms with Gasteiger partial charge in [-0.2, -0.15) is 0 Å². The normalized spacial score (nSPS) is 13.9. The quantitative estimate of drug-likeness (QED) is 0.276. The Kier molecular flexibility index (Phi) is 6.61. The van der Waals surface area contributed by atoms with E-state index in [4.69, 9.17) is 9.47 Å². The van der Waals surface area contributed by atoms with Gasteiger partial charge in [-0.25, -0.2) is 4.39 Å². The summed E-state index contributed by atoms with van der Waals surface area (Å²) < 4.78 is 25.8. The number of hydrogen-bond donors (Lipinski definition) is 0. The Morgan fingerprint density at radius 3 is 2.38 bits per heavy atom. The van der Waals surface area contributed by atoms with Gasteiger partial charge in [0, 0.05) is 32.6 Å². The van der Waals surface area contributed by atoms with Gasteiger partial charge in [0.2, 0.25) is 0 Å². The van der Waals surface area contributed by atoms with Crippen LogP contribution in [0.3, 0.4) is 0 Å². The molecule has 0 bridgehead atoms. The van der Waals surface area contributed by atoms with Crippen molar-refractivity contribution in [2.24, 2.45) is 0 Å². The van der Waals surface area contributed by atoms with Gasteiger partial charge in [0.25, 0.3) is 0 Å². The van der Waals surface area contributed by atoms with Crippen LogP contribution in [0.5, 0.6) is 11.5 Å². The van der Waals surface area contributed by atoms with Gasteiger partial charge >= 0.3 is 0 Å². The second-order valence-electron chi connectivity index (χ2n) is 8.43. The highest BCUT2D eigenvalue weighted by Crippen LogP contribution is 2.41. The van der Waals surface area contributed by atoms with Gasteiger partial charge in [0.1, 0.15) is 23.9 Å². The largest absolute Gasteiger partial charge is 0.497 e. The molecule has 174 valence electrons. The van der Waals surface area contributed by atoms with Crippen molar-refractivity contribution in [2.45, 2.75) is 12.8 Å². The van der Waals surface area contributed by atoms with Crippen molar-refractivity contribution in [3.63, 3.8) is 0 Å².